The van der Waals surface area contributed by atoms with Crippen LogP contribution in [-0.2, 0) is 21.4 Å². The molecule has 0 aliphatic carbocycles. The first-order valence-corrected chi connectivity index (χ1v) is 10.9. The van der Waals surface area contributed by atoms with Crippen LogP contribution in [-0.4, -0.2) is 49.2 Å². The maximum Gasteiger partial charge on any atom is 0.238 e. The number of benzene rings is 2. The molecule has 0 N–H and O–H groups in total. The fourth-order valence-electron chi connectivity index (χ4n) is 2.51. The highest BCUT2D eigenvalue weighted by atomic mass is 32.2. The summed E-state index contributed by atoms with van der Waals surface area (Å²) in [5.41, 5.74) is 1.67. The Labute approximate surface area is 168 Å². The molecule has 146 valence electrons. The first kappa shape index (κ1) is 20.2. The molecule has 0 spiro atoms. The van der Waals surface area contributed by atoms with Gasteiger partial charge in [0.05, 0.1) is 23.3 Å². The molecule has 0 saturated carbocycles. The van der Waals surface area contributed by atoms with Crippen LogP contribution in [0.5, 0.6) is 0 Å². The number of para-hydroxylation sites is 1. The van der Waals surface area contributed by atoms with E-state index in [0.717, 1.165) is 30.5 Å². The number of fused-ring (bicyclic) bond motifs is 1. The largest absolute Gasteiger partial charge is 0.338 e. The molecule has 1 heterocycles. The molecule has 0 fully saturated rings. The second kappa shape index (κ2) is 8.64. The number of thiazole rings is 1. The maximum atomic E-state index is 12.5. The normalized spacial score (nSPS) is 12.1. The van der Waals surface area contributed by atoms with Gasteiger partial charge in [0.2, 0.25) is 15.9 Å². The summed E-state index contributed by atoms with van der Waals surface area (Å²) < 4.78 is 26.9. The summed E-state index contributed by atoms with van der Waals surface area (Å²) in [5, 5.41) is 1.93. The third kappa shape index (κ3) is 5.03. The van der Waals surface area contributed by atoms with Gasteiger partial charge in [-0.1, -0.05) is 42.5 Å². The zero-order valence-electron chi connectivity index (χ0n) is 15.6. The standard InChI is InChI=1S/C20H21N3O3S2/c1-22(14-19-21-17-10-6-7-11-18(17)27-19)20(24)15-23(2)28(25,26)13-12-16-8-4-3-5-9-16/h3-13H,14-15H2,1-2H3/b13-12+. The van der Waals surface area contributed by atoms with Crippen LogP contribution in [0.15, 0.2) is 60.0 Å². The van der Waals surface area contributed by atoms with Gasteiger partial charge in [-0.2, -0.15) is 4.31 Å². The van der Waals surface area contributed by atoms with E-state index >= 15 is 0 Å². The van der Waals surface area contributed by atoms with Crippen molar-refractivity contribution in [1.82, 2.24) is 14.2 Å². The van der Waals surface area contributed by atoms with Crippen LogP contribution < -0.4 is 0 Å². The topological polar surface area (TPSA) is 70.6 Å². The molecule has 0 aliphatic heterocycles. The highest BCUT2D eigenvalue weighted by Gasteiger charge is 2.20. The lowest BCUT2D eigenvalue weighted by atomic mass is 10.2. The molecule has 2 aromatic carbocycles. The number of hydrogen-bond donors (Lipinski definition) is 0. The minimum absolute atomic E-state index is 0.233. The van der Waals surface area contributed by atoms with Crippen LogP contribution in [0.4, 0.5) is 0 Å². The molecule has 0 unspecified atom stereocenters. The second-order valence-corrected chi connectivity index (χ2v) is 9.38. The van der Waals surface area contributed by atoms with E-state index < -0.39 is 10.0 Å². The Morgan fingerprint density at radius 2 is 1.75 bits per heavy atom. The van der Waals surface area contributed by atoms with Gasteiger partial charge in [-0.05, 0) is 23.8 Å². The monoisotopic (exact) mass is 415 g/mol. The third-order valence-electron chi connectivity index (χ3n) is 4.16. The number of carbonyl (C=O) groups excluding carboxylic acids is 1. The average Bonchev–Trinajstić information content (AvgIpc) is 3.09. The number of carbonyl (C=O) groups is 1. The van der Waals surface area contributed by atoms with Crippen LogP contribution in [0, 0.1) is 0 Å². The molecule has 1 aromatic heterocycles. The Bertz CT molecular complexity index is 1060. The van der Waals surface area contributed by atoms with E-state index in [9.17, 15) is 13.2 Å². The molecule has 28 heavy (non-hydrogen) atoms. The molecular weight excluding hydrogens is 394 g/mol. The average molecular weight is 416 g/mol. The fourth-order valence-corrected chi connectivity index (χ4v) is 4.36. The number of nitrogens with zero attached hydrogens (tertiary/aromatic N) is 3. The van der Waals surface area contributed by atoms with Crippen molar-refractivity contribution in [3.05, 3.63) is 70.6 Å². The van der Waals surface area contributed by atoms with Crippen LogP contribution in [0.25, 0.3) is 16.3 Å². The summed E-state index contributed by atoms with van der Waals surface area (Å²) in [7, 11) is -0.644. The molecule has 3 aromatic rings. The first-order valence-electron chi connectivity index (χ1n) is 8.63. The summed E-state index contributed by atoms with van der Waals surface area (Å²) in [4.78, 5) is 18.5. The van der Waals surface area contributed by atoms with Gasteiger partial charge in [-0.15, -0.1) is 11.3 Å². The quantitative estimate of drug-likeness (QED) is 0.594. The van der Waals surface area contributed by atoms with Gasteiger partial charge in [0, 0.05) is 19.5 Å². The van der Waals surface area contributed by atoms with Gasteiger partial charge in [-0.25, -0.2) is 13.4 Å². The zero-order valence-corrected chi connectivity index (χ0v) is 17.3. The van der Waals surface area contributed by atoms with Crippen molar-refractivity contribution in [3.63, 3.8) is 0 Å². The molecule has 3 rings (SSSR count). The Balaban J connectivity index is 1.61. The SMILES string of the molecule is CN(Cc1nc2ccccc2s1)C(=O)CN(C)S(=O)(=O)/C=C/c1ccccc1. The van der Waals surface area contributed by atoms with Crippen molar-refractivity contribution >= 4 is 43.6 Å². The summed E-state index contributed by atoms with van der Waals surface area (Å²) in [6, 6.07) is 16.9. The molecule has 0 aliphatic rings. The molecule has 0 atom stereocenters. The van der Waals surface area contributed by atoms with Crippen molar-refractivity contribution in [2.75, 3.05) is 20.6 Å². The fraction of sp³-hybridized carbons (Fsp3) is 0.200. The number of hydrogen-bond acceptors (Lipinski definition) is 5. The zero-order chi connectivity index (χ0) is 20.1. The molecule has 0 bridgehead atoms. The molecular formula is C20H21N3O3S2. The Kier molecular flexibility index (Phi) is 6.23. The molecule has 1 amide bonds. The van der Waals surface area contributed by atoms with Crippen LogP contribution >= 0.6 is 11.3 Å². The maximum absolute atomic E-state index is 12.5. The highest BCUT2D eigenvalue weighted by Crippen LogP contribution is 2.22. The molecule has 0 saturated heterocycles. The summed E-state index contributed by atoms with van der Waals surface area (Å²) in [6.45, 7) is 0.106. The summed E-state index contributed by atoms with van der Waals surface area (Å²) >= 11 is 1.53. The van der Waals surface area contributed by atoms with Crippen molar-refractivity contribution < 1.29 is 13.2 Å². The van der Waals surface area contributed by atoms with Crippen molar-refractivity contribution in [3.8, 4) is 0 Å². The van der Waals surface area contributed by atoms with Gasteiger partial charge in [-0.3, -0.25) is 4.79 Å². The molecule has 8 heteroatoms. The Morgan fingerprint density at radius 1 is 1.07 bits per heavy atom. The minimum Gasteiger partial charge on any atom is -0.338 e. The lowest BCUT2D eigenvalue weighted by Gasteiger charge is -2.20. The van der Waals surface area contributed by atoms with Crippen molar-refractivity contribution in [2.24, 2.45) is 0 Å². The highest BCUT2D eigenvalue weighted by molar-refractivity contribution is 7.92. The summed E-state index contributed by atoms with van der Waals surface area (Å²) in [5.74, 6) is -0.293. The van der Waals surface area contributed by atoms with Gasteiger partial charge >= 0.3 is 0 Å². The van der Waals surface area contributed by atoms with Gasteiger partial charge < -0.3 is 4.90 Å². The second-order valence-electron chi connectivity index (χ2n) is 6.34. The number of rotatable bonds is 7. The predicted molar refractivity (Wildman–Crippen MR) is 113 cm³/mol. The van der Waals surface area contributed by atoms with Crippen LogP contribution in [0.3, 0.4) is 0 Å². The van der Waals surface area contributed by atoms with Gasteiger partial charge in [0.25, 0.3) is 0 Å². The third-order valence-corrected chi connectivity index (χ3v) is 6.66. The minimum atomic E-state index is -3.69. The molecule has 0 radical (unpaired) electrons. The smallest absolute Gasteiger partial charge is 0.238 e. The van der Waals surface area contributed by atoms with E-state index in [2.05, 4.69) is 4.98 Å². The van der Waals surface area contributed by atoms with E-state index in [1.54, 1.807) is 7.05 Å². The summed E-state index contributed by atoms with van der Waals surface area (Å²) in [6.07, 6.45) is 1.52. The van der Waals surface area contributed by atoms with Crippen molar-refractivity contribution in [2.45, 2.75) is 6.54 Å². The Hall–Kier alpha value is -2.55. The van der Waals surface area contributed by atoms with E-state index in [0.29, 0.717) is 6.54 Å². The Morgan fingerprint density at radius 3 is 2.46 bits per heavy atom. The predicted octanol–water partition coefficient (Wildman–Crippen LogP) is 3.19. The van der Waals surface area contributed by atoms with Crippen LogP contribution in [0.1, 0.15) is 10.6 Å². The molecule has 6 nitrogen and oxygen atoms in total. The number of likely N-dealkylation sites (N-methyl/N-ethyl adjacent to an activating group) is 2. The lowest BCUT2D eigenvalue weighted by molar-refractivity contribution is -0.130. The van der Waals surface area contributed by atoms with E-state index in [4.69, 9.17) is 0 Å². The number of sulfonamides is 1. The van der Waals surface area contributed by atoms with E-state index in [1.165, 1.54) is 29.4 Å². The number of amides is 1. The number of aromatic nitrogens is 1. The lowest BCUT2D eigenvalue weighted by Crippen LogP contribution is -2.38. The van der Waals surface area contributed by atoms with E-state index in [-0.39, 0.29) is 12.5 Å². The first-order chi connectivity index (χ1) is 13.3. The van der Waals surface area contributed by atoms with Crippen molar-refractivity contribution in [1.29, 1.82) is 0 Å². The van der Waals surface area contributed by atoms with E-state index in [1.807, 2.05) is 54.6 Å². The van der Waals surface area contributed by atoms with Crippen LogP contribution in [0.2, 0.25) is 0 Å². The van der Waals surface area contributed by atoms with Gasteiger partial charge in [0.15, 0.2) is 0 Å². The van der Waals surface area contributed by atoms with Gasteiger partial charge in [0.1, 0.15) is 5.01 Å².